The molecular weight excluding hydrogens is 242 g/mol. The van der Waals surface area contributed by atoms with E-state index in [2.05, 4.69) is 4.98 Å². The minimum atomic E-state index is -0.102. The molecule has 2 rings (SSSR count). The molecule has 0 radical (unpaired) electrons. The van der Waals surface area contributed by atoms with Crippen molar-refractivity contribution in [3.8, 4) is 5.75 Å². The number of hydrogen-bond donors (Lipinski definition) is 1. The fourth-order valence-electron chi connectivity index (χ4n) is 2.07. The molecule has 2 N–H and O–H groups in total. The molecule has 2 aromatic rings. The summed E-state index contributed by atoms with van der Waals surface area (Å²) in [5, 5.41) is 0. The van der Waals surface area contributed by atoms with E-state index in [-0.39, 0.29) is 5.56 Å². The molecule has 5 nitrogen and oxygen atoms in total. The third-order valence-electron chi connectivity index (χ3n) is 3.08. The Morgan fingerprint density at radius 2 is 2.11 bits per heavy atom. The Balaban J connectivity index is 2.44. The molecular formula is C14H17N3O2. The molecule has 0 atom stereocenters. The average molecular weight is 259 g/mol. The Bertz CT molecular complexity index is 662. The lowest BCUT2D eigenvalue weighted by atomic mass is 10.1. The lowest BCUT2D eigenvalue weighted by Gasteiger charge is -2.13. The average Bonchev–Trinajstić information content (AvgIpc) is 2.38. The summed E-state index contributed by atoms with van der Waals surface area (Å²) in [6.07, 6.45) is 3.37. The fraction of sp³-hybridized carbons (Fsp3) is 0.286. The minimum Gasteiger partial charge on any atom is -0.496 e. The highest BCUT2D eigenvalue weighted by Crippen LogP contribution is 2.24. The summed E-state index contributed by atoms with van der Waals surface area (Å²) in [6, 6.07) is 3.05. The van der Waals surface area contributed by atoms with E-state index in [1.807, 2.05) is 13.8 Å². The van der Waals surface area contributed by atoms with Crippen LogP contribution in [0, 0.1) is 13.8 Å². The van der Waals surface area contributed by atoms with Crippen LogP contribution in [0.4, 0.5) is 5.69 Å². The third-order valence-corrected chi connectivity index (χ3v) is 3.08. The highest BCUT2D eigenvalue weighted by Gasteiger charge is 2.10. The SMILES string of the molecule is COc1c(C)cnc(Cn2cc(N)ccc2=O)c1C. The van der Waals surface area contributed by atoms with Gasteiger partial charge in [-0.2, -0.15) is 0 Å². The summed E-state index contributed by atoms with van der Waals surface area (Å²) >= 11 is 0. The van der Waals surface area contributed by atoms with Crippen LogP contribution < -0.4 is 16.0 Å². The summed E-state index contributed by atoms with van der Waals surface area (Å²) in [5.74, 6) is 0.807. The van der Waals surface area contributed by atoms with Crippen LogP contribution in [0.5, 0.6) is 5.75 Å². The zero-order valence-electron chi connectivity index (χ0n) is 11.3. The molecule has 0 amide bonds. The number of anilines is 1. The van der Waals surface area contributed by atoms with E-state index in [0.29, 0.717) is 12.2 Å². The van der Waals surface area contributed by atoms with Crippen molar-refractivity contribution in [3.63, 3.8) is 0 Å². The van der Waals surface area contributed by atoms with Gasteiger partial charge in [-0.05, 0) is 19.9 Å². The van der Waals surface area contributed by atoms with E-state index in [0.717, 1.165) is 22.6 Å². The number of aryl methyl sites for hydroxylation is 1. The van der Waals surface area contributed by atoms with Crippen LogP contribution in [0.3, 0.4) is 0 Å². The first-order chi connectivity index (χ1) is 9.02. The summed E-state index contributed by atoms with van der Waals surface area (Å²) in [4.78, 5) is 16.1. The number of aromatic nitrogens is 2. The highest BCUT2D eigenvalue weighted by molar-refractivity contribution is 5.41. The second-order valence-electron chi connectivity index (χ2n) is 4.47. The number of nitrogens with two attached hydrogens (primary N) is 1. The maximum Gasteiger partial charge on any atom is 0.251 e. The van der Waals surface area contributed by atoms with Crippen molar-refractivity contribution < 1.29 is 4.74 Å². The van der Waals surface area contributed by atoms with Crippen molar-refractivity contribution in [2.24, 2.45) is 0 Å². The van der Waals surface area contributed by atoms with Gasteiger partial charge in [0.25, 0.3) is 5.56 Å². The van der Waals surface area contributed by atoms with E-state index >= 15 is 0 Å². The van der Waals surface area contributed by atoms with Crippen LogP contribution in [0.25, 0.3) is 0 Å². The maximum absolute atomic E-state index is 11.8. The minimum absolute atomic E-state index is 0.102. The van der Waals surface area contributed by atoms with Gasteiger partial charge in [0.15, 0.2) is 0 Å². The second-order valence-corrected chi connectivity index (χ2v) is 4.47. The Labute approximate surface area is 111 Å². The highest BCUT2D eigenvalue weighted by atomic mass is 16.5. The first-order valence-electron chi connectivity index (χ1n) is 5.98. The van der Waals surface area contributed by atoms with E-state index in [9.17, 15) is 4.79 Å². The van der Waals surface area contributed by atoms with Crippen molar-refractivity contribution in [2.45, 2.75) is 20.4 Å². The fourth-order valence-corrected chi connectivity index (χ4v) is 2.07. The van der Waals surface area contributed by atoms with Gasteiger partial charge in [-0.1, -0.05) is 0 Å². The molecule has 0 aliphatic heterocycles. The molecule has 0 saturated carbocycles. The van der Waals surface area contributed by atoms with Gasteiger partial charge in [0.1, 0.15) is 5.75 Å². The number of nitrogen functional groups attached to an aromatic ring is 1. The summed E-state index contributed by atoms with van der Waals surface area (Å²) < 4.78 is 6.90. The normalized spacial score (nSPS) is 10.5. The molecule has 0 spiro atoms. The number of methoxy groups -OCH3 is 1. The van der Waals surface area contributed by atoms with Crippen LogP contribution in [-0.4, -0.2) is 16.7 Å². The zero-order chi connectivity index (χ0) is 14.0. The maximum atomic E-state index is 11.8. The van der Waals surface area contributed by atoms with Gasteiger partial charge in [0.05, 0.1) is 19.3 Å². The van der Waals surface area contributed by atoms with Gasteiger partial charge in [-0.25, -0.2) is 0 Å². The van der Waals surface area contributed by atoms with Crippen LogP contribution >= 0.6 is 0 Å². The number of nitrogens with zero attached hydrogens (tertiary/aromatic N) is 2. The number of ether oxygens (including phenoxy) is 1. The Hall–Kier alpha value is -2.30. The summed E-state index contributed by atoms with van der Waals surface area (Å²) in [6.45, 7) is 4.26. The van der Waals surface area contributed by atoms with Crippen LogP contribution in [0.2, 0.25) is 0 Å². The summed E-state index contributed by atoms with van der Waals surface area (Å²) in [5.41, 5.74) is 8.86. The van der Waals surface area contributed by atoms with Crippen molar-refractivity contribution in [1.29, 1.82) is 0 Å². The van der Waals surface area contributed by atoms with Gasteiger partial charge in [0.2, 0.25) is 0 Å². The van der Waals surface area contributed by atoms with Crippen molar-refractivity contribution in [3.05, 3.63) is 51.7 Å². The lowest BCUT2D eigenvalue weighted by Crippen LogP contribution is -2.20. The van der Waals surface area contributed by atoms with E-state index in [1.54, 1.807) is 30.1 Å². The van der Waals surface area contributed by atoms with Gasteiger partial charge < -0.3 is 15.0 Å². The molecule has 0 unspecified atom stereocenters. The van der Waals surface area contributed by atoms with Gasteiger partial charge in [0, 0.05) is 35.3 Å². The Kier molecular flexibility index (Phi) is 3.55. The molecule has 0 aliphatic rings. The van der Waals surface area contributed by atoms with Crippen LogP contribution in [0.15, 0.2) is 29.3 Å². The third kappa shape index (κ3) is 2.59. The van der Waals surface area contributed by atoms with Crippen molar-refractivity contribution >= 4 is 5.69 Å². The molecule has 2 heterocycles. The molecule has 0 saturated heterocycles. The first-order valence-corrected chi connectivity index (χ1v) is 5.98. The molecule has 0 aliphatic carbocycles. The second kappa shape index (κ2) is 5.14. The Morgan fingerprint density at radius 1 is 1.37 bits per heavy atom. The topological polar surface area (TPSA) is 70.1 Å². The van der Waals surface area contributed by atoms with Gasteiger partial charge >= 0.3 is 0 Å². The smallest absolute Gasteiger partial charge is 0.251 e. The predicted octanol–water partition coefficient (Wildman–Crippen LogP) is 1.50. The molecule has 19 heavy (non-hydrogen) atoms. The molecule has 2 aromatic heterocycles. The summed E-state index contributed by atoms with van der Waals surface area (Å²) in [7, 11) is 1.63. The zero-order valence-corrected chi connectivity index (χ0v) is 11.3. The largest absolute Gasteiger partial charge is 0.496 e. The predicted molar refractivity (Wildman–Crippen MR) is 74.5 cm³/mol. The lowest BCUT2D eigenvalue weighted by molar-refractivity contribution is 0.406. The molecule has 0 bridgehead atoms. The molecule has 0 aromatic carbocycles. The number of rotatable bonds is 3. The van der Waals surface area contributed by atoms with Gasteiger partial charge in [-0.15, -0.1) is 0 Å². The van der Waals surface area contributed by atoms with E-state index in [1.165, 1.54) is 6.07 Å². The van der Waals surface area contributed by atoms with Crippen molar-refractivity contribution in [2.75, 3.05) is 12.8 Å². The quantitative estimate of drug-likeness (QED) is 0.906. The van der Waals surface area contributed by atoms with Crippen molar-refractivity contribution in [1.82, 2.24) is 9.55 Å². The first kappa shape index (κ1) is 13.1. The van der Waals surface area contributed by atoms with Crippen LogP contribution in [0.1, 0.15) is 16.8 Å². The van der Waals surface area contributed by atoms with E-state index < -0.39 is 0 Å². The molecule has 5 heteroatoms. The van der Waals surface area contributed by atoms with Crippen LogP contribution in [-0.2, 0) is 6.54 Å². The molecule has 0 fully saturated rings. The Morgan fingerprint density at radius 3 is 2.79 bits per heavy atom. The standard InChI is InChI=1S/C14H17N3O2/c1-9-6-16-12(10(2)14(9)19-3)8-17-7-11(15)4-5-13(17)18/h4-7H,8,15H2,1-3H3. The number of pyridine rings is 2. The van der Waals surface area contributed by atoms with E-state index in [4.69, 9.17) is 10.5 Å². The number of hydrogen-bond acceptors (Lipinski definition) is 4. The monoisotopic (exact) mass is 259 g/mol. The van der Waals surface area contributed by atoms with Gasteiger partial charge in [-0.3, -0.25) is 9.78 Å². The molecule has 100 valence electrons.